The van der Waals surface area contributed by atoms with Crippen LogP contribution < -0.4 is 0 Å². The summed E-state index contributed by atoms with van der Waals surface area (Å²) in [7, 11) is 0. The molecule has 0 aliphatic heterocycles. The third kappa shape index (κ3) is 1.17. The van der Waals surface area contributed by atoms with E-state index in [0.717, 1.165) is 17.7 Å². The molecular weight excluding hydrogens is 198 g/mol. The van der Waals surface area contributed by atoms with E-state index >= 15 is 0 Å². The van der Waals surface area contributed by atoms with Crippen LogP contribution in [0.1, 0.15) is 55.6 Å². The highest BCUT2D eigenvalue weighted by molar-refractivity contribution is 5.41. The molecule has 2 aliphatic rings. The number of halogens is 2. The molecule has 2 nitrogen and oxygen atoms in total. The number of hydrogen-bond acceptors (Lipinski definition) is 1. The smallest absolute Gasteiger partial charge is 0.266 e. The number of nitrogens with zero attached hydrogens (tertiary/aromatic N) is 2. The minimum Gasteiger partial charge on any atom is -0.266 e. The van der Waals surface area contributed by atoms with Gasteiger partial charge in [-0.3, -0.25) is 4.68 Å². The lowest BCUT2D eigenvalue weighted by atomic mass is 10.1. The van der Waals surface area contributed by atoms with Crippen molar-refractivity contribution in [3.05, 3.63) is 17.0 Å². The Bertz CT molecular complexity index is 409. The van der Waals surface area contributed by atoms with Crippen LogP contribution in [0.2, 0.25) is 0 Å². The molecule has 0 radical (unpaired) electrons. The summed E-state index contributed by atoms with van der Waals surface area (Å²) < 4.78 is 27.3. The molecule has 0 saturated heterocycles. The molecular formula is C11H14F2N2. The Kier molecular flexibility index (Phi) is 1.74. The number of hydrogen-bond donors (Lipinski definition) is 0. The molecule has 1 aromatic rings. The van der Waals surface area contributed by atoms with Crippen LogP contribution in [0.5, 0.6) is 0 Å². The van der Waals surface area contributed by atoms with Gasteiger partial charge in [0.2, 0.25) is 0 Å². The van der Waals surface area contributed by atoms with Crippen molar-refractivity contribution in [2.24, 2.45) is 5.92 Å². The molecule has 1 aromatic heterocycles. The van der Waals surface area contributed by atoms with Crippen LogP contribution in [-0.4, -0.2) is 9.78 Å². The largest absolute Gasteiger partial charge is 0.282 e. The average molecular weight is 212 g/mol. The predicted octanol–water partition coefficient (Wildman–Crippen LogP) is 3.06. The fourth-order valence-corrected chi connectivity index (χ4v) is 2.74. The maximum Gasteiger partial charge on any atom is 0.282 e. The molecule has 0 bridgehead atoms. The highest BCUT2D eigenvalue weighted by atomic mass is 19.3. The second kappa shape index (κ2) is 2.80. The zero-order valence-electron chi connectivity index (χ0n) is 8.87. The molecule has 0 aromatic carbocycles. The fraction of sp³-hybridized carbons (Fsp3) is 0.727. The van der Waals surface area contributed by atoms with Crippen LogP contribution >= 0.6 is 0 Å². The Labute approximate surface area is 87.3 Å². The summed E-state index contributed by atoms with van der Waals surface area (Å²) in [5.41, 5.74) is 1.98. The summed E-state index contributed by atoms with van der Waals surface area (Å²) in [6.45, 7) is 4.00. The van der Waals surface area contributed by atoms with Crippen LogP contribution in [0.25, 0.3) is 0 Å². The summed E-state index contributed by atoms with van der Waals surface area (Å²) in [6, 6.07) is 0.186. The van der Waals surface area contributed by atoms with E-state index in [1.54, 1.807) is 0 Å². The standard InChI is InChI=1S/C11H14F2N2/c1-5(2)15-10-7-3-6(7)4-8(10)9(14-15)11(12)13/h5-7,11H,3-4H2,1-2H3. The molecule has 3 rings (SSSR count). The second-order valence-corrected chi connectivity index (χ2v) is 4.89. The lowest BCUT2D eigenvalue weighted by molar-refractivity contribution is 0.143. The Morgan fingerprint density at radius 2 is 2.13 bits per heavy atom. The van der Waals surface area contributed by atoms with E-state index < -0.39 is 6.43 Å². The van der Waals surface area contributed by atoms with Gasteiger partial charge in [0, 0.05) is 23.2 Å². The Hall–Kier alpha value is -0.930. The van der Waals surface area contributed by atoms with E-state index in [1.165, 1.54) is 6.42 Å². The number of fused-ring (bicyclic) bond motifs is 3. The van der Waals surface area contributed by atoms with Crippen molar-refractivity contribution in [1.29, 1.82) is 0 Å². The Morgan fingerprint density at radius 1 is 1.40 bits per heavy atom. The van der Waals surface area contributed by atoms with Crippen molar-refractivity contribution in [2.75, 3.05) is 0 Å². The summed E-state index contributed by atoms with van der Waals surface area (Å²) >= 11 is 0. The van der Waals surface area contributed by atoms with E-state index in [-0.39, 0.29) is 11.7 Å². The molecule has 2 atom stereocenters. The normalized spacial score (nSPS) is 27.3. The predicted molar refractivity (Wildman–Crippen MR) is 52.1 cm³/mol. The molecule has 0 spiro atoms. The van der Waals surface area contributed by atoms with Gasteiger partial charge < -0.3 is 0 Å². The zero-order chi connectivity index (χ0) is 10.7. The zero-order valence-corrected chi connectivity index (χ0v) is 8.87. The van der Waals surface area contributed by atoms with E-state index in [9.17, 15) is 8.78 Å². The van der Waals surface area contributed by atoms with Crippen molar-refractivity contribution in [1.82, 2.24) is 9.78 Å². The third-order valence-corrected chi connectivity index (χ3v) is 3.52. The second-order valence-electron chi connectivity index (χ2n) is 4.89. The molecule has 82 valence electrons. The van der Waals surface area contributed by atoms with Crippen molar-refractivity contribution >= 4 is 0 Å². The minimum atomic E-state index is -2.42. The molecule has 0 N–H and O–H groups in total. The molecule has 1 heterocycles. The van der Waals surface area contributed by atoms with Gasteiger partial charge in [-0.05, 0) is 32.6 Å². The van der Waals surface area contributed by atoms with Gasteiger partial charge >= 0.3 is 0 Å². The summed E-state index contributed by atoms with van der Waals surface area (Å²) in [5, 5.41) is 4.07. The van der Waals surface area contributed by atoms with Crippen LogP contribution in [0.3, 0.4) is 0 Å². The van der Waals surface area contributed by atoms with Gasteiger partial charge in [0.25, 0.3) is 6.43 Å². The Morgan fingerprint density at radius 3 is 2.73 bits per heavy atom. The van der Waals surface area contributed by atoms with Gasteiger partial charge in [-0.1, -0.05) is 0 Å². The third-order valence-electron chi connectivity index (χ3n) is 3.52. The summed E-state index contributed by atoms with van der Waals surface area (Å²) in [5.74, 6) is 1.17. The highest BCUT2D eigenvalue weighted by Crippen LogP contribution is 2.58. The van der Waals surface area contributed by atoms with Crippen molar-refractivity contribution in [3.8, 4) is 0 Å². The first-order chi connectivity index (χ1) is 7.09. The monoisotopic (exact) mass is 212 g/mol. The summed E-state index contributed by atoms with van der Waals surface area (Å²) in [6.07, 6.45) is -0.420. The molecule has 2 aliphatic carbocycles. The van der Waals surface area contributed by atoms with Gasteiger partial charge in [0.15, 0.2) is 0 Å². The molecule has 1 saturated carbocycles. The van der Waals surface area contributed by atoms with Gasteiger partial charge in [-0.2, -0.15) is 5.10 Å². The maximum atomic E-state index is 12.8. The van der Waals surface area contributed by atoms with E-state index in [4.69, 9.17) is 0 Å². The highest BCUT2D eigenvalue weighted by Gasteiger charge is 2.50. The van der Waals surface area contributed by atoms with Crippen molar-refractivity contribution in [3.63, 3.8) is 0 Å². The van der Waals surface area contributed by atoms with Crippen LogP contribution in [0, 0.1) is 5.92 Å². The first-order valence-corrected chi connectivity index (χ1v) is 5.49. The summed E-state index contributed by atoms with van der Waals surface area (Å²) in [4.78, 5) is 0. The Balaban J connectivity index is 2.13. The lowest BCUT2D eigenvalue weighted by Gasteiger charge is -2.09. The van der Waals surface area contributed by atoms with E-state index in [1.807, 2.05) is 18.5 Å². The minimum absolute atomic E-state index is 0.0332. The van der Waals surface area contributed by atoms with Crippen molar-refractivity contribution < 1.29 is 8.78 Å². The van der Waals surface area contributed by atoms with Crippen molar-refractivity contribution in [2.45, 2.75) is 45.1 Å². The van der Waals surface area contributed by atoms with E-state index in [0.29, 0.717) is 11.8 Å². The SMILES string of the molecule is CC(C)n1nc(C(F)F)c2c1C1CC1C2. The van der Waals surface area contributed by atoms with Crippen LogP contribution in [0.15, 0.2) is 0 Å². The molecule has 0 amide bonds. The quantitative estimate of drug-likeness (QED) is 0.736. The molecule has 1 fully saturated rings. The number of rotatable bonds is 2. The van der Waals surface area contributed by atoms with Gasteiger partial charge in [0.05, 0.1) is 0 Å². The molecule has 15 heavy (non-hydrogen) atoms. The van der Waals surface area contributed by atoms with E-state index in [2.05, 4.69) is 5.10 Å². The number of alkyl halides is 2. The molecule has 2 unspecified atom stereocenters. The van der Waals surface area contributed by atoms with Crippen LogP contribution in [0.4, 0.5) is 8.78 Å². The first-order valence-electron chi connectivity index (χ1n) is 5.49. The average Bonchev–Trinajstić information content (AvgIpc) is 2.67. The topological polar surface area (TPSA) is 17.8 Å². The fourth-order valence-electron chi connectivity index (χ4n) is 2.74. The first kappa shape index (κ1) is 9.31. The molecule has 4 heteroatoms. The van der Waals surface area contributed by atoms with Crippen LogP contribution in [-0.2, 0) is 6.42 Å². The van der Waals surface area contributed by atoms with Gasteiger partial charge in [0.1, 0.15) is 5.69 Å². The number of aromatic nitrogens is 2. The lowest BCUT2D eigenvalue weighted by Crippen LogP contribution is -2.07. The maximum absolute atomic E-state index is 12.8. The van der Waals surface area contributed by atoms with Gasteiger partial charge in [-0.15, -0.1) is 0 Å². The van der Waals surface area contributed by atoms with Gasteiger partial charge in [-0.25, -0.2) is 8.78 Å².